The van der Waals surface area contributed by atoms with Gasteiger partial charge in [0.2, 0.25) is 5.91 Å². The standard InChI is InChI=1S/C20H28N2O7/c1-3-28-20(25)29-17-6-4-15(5-7-17)19(24)22-10-8-16(9-11-22)21-18(23)14-27-13-12-26-2/h4-7,16H,3,8-14H2,1-2H3,(H,21,23). The lowest BCUT2D eigenvalue weighted by molar-refractivity contribution is -0.127. The number of methoxy groups -OCH3 is 1. The van der Waals surface area contributed by atoms with Crippen LogP contribution < -0.4 is 10.1 Å². The van der Waals surface area contributed by atoms with Crippen molar-refractivity contribution in [3.8, 4) is 5.75 Å². The molecule has 2 amide bonds. The molecule has 1 heterocycles. The maximum atomic E-state index is 12.6. The number of hydrogen-bond donors (Lipinski definition) is 1. The molecule has 0 bridgehead atoms. The second-order valence-corrected chi connectivity index (χ2v) is 6.49. The van der Waals surface area contributed by atoms with Crippen molar-refractivity contribution >= 4 is 18.0 Å². The zero-order valence-electron chi connectivity index (χ0n) is 16.8. The number of likely N-dealkylation sites (tertiary alicyclic amines) is 1. The number of ether oxygens (including phenoxy) is 4. The van der Waals surface area contributed by atoms with Crippen molar-refractivity contribution in [2.24, 2.45) is 0 Å². The molecule has 0 atom stereocenters. The van der Waals surface area contributed by atoms with Gasteiger partial charge in [-0.25, -0.2) is 4.79 Å². The average Bonchev–Trinajstić information content (AvgIpc) is 2.72. The van der Waals surface area contributed by atoms with E-state index in [0.717, 1.165) is 0 Å². The summed E-state index contributed by atoms with van der Waals surface area (Å²) in [5.74, 6) is 0.0533. The van der Waals surface area contributed by atoms with Crippen molar-refractivity contribution in [3.63, 3.8) is 0 Å². The molecule has 0 spiro atoms. The lowest BCUT2D eigenvalue weighted by atomic mass is 10.0. The predicted octanol–water partition coefficient (Wildman–Crippen LogP) is 1.61. The molecule has 1 fully saturated rings. The van der Waals surface area contributed by atoms with Crippen LogP contribution in [0.3, 0.4) is 0 Å². The van der Waals surface area contributed by atoms with E-state index in [1.807, 2.05) is 0 Å². The number of benzene rings is 1. The largest absolute Gasteiger partial charge is 0.513 e. The van der Waals surface area contributed by atoms with Gasteiger partial charge < -0.3 is 29.2 Å². The summed E-state index contributed by atoms with van der Waals surface area (Å²) in [6.45, 7) is 3.85. The lowest BCUT2D eigenvalue weighted by Gasteiger charge is -2.32. The molecule has 1 aliphatic heterocycles. The van der Waals surface area contributed by atoms with Crippen molar-refractivity contribution in [3.05, 3.63) is 29.8 Å². The van der Waals surface area contributed by atoms with Crippen LogP contribution in [0.2, 0.25) is 0 Å². The molecule has 0 aliphatic carbocycles. The first kappa shape index (κ1) is 22.6. The first-order chi connectivity index (χ1) is 14.0. The van der Waals surface area contributed by atoms with Crippen molar-refractivity contribution in [2.45, 2.75) is 25.8 Å². The van der Waals surface area contributed by atoms with Crippen LogP contribution in [0.1, 0.15) is 30.1 Å². The summed E-state index contributed by atoms with van der Waals surface area (Å²) in [6.07, 6.45) is 0.582. The Morgan fingerprint density at radius 3 is 2.41 bits per heavy atom. The molecule has 1 saturated heterocycles. The van der Waals surface area contributed by atoms with E-state index in [1.54, 1.807) is 43.2 Å². The SMILES string of the molecule is CCOC(=O)Oc1ccc(C(=O)N2CCC(NC(=O)COCCOC)CC2)cc1. The summed E-state index contributed by atoms with van der Waals surface area (Å²) in [7, 11) is 1.57. The highest BCUT2D eigenvalue weighted by Crippen LogP contribution is 2.17. The number of amides is 2. The third-order valence-electron chi connectivity index (χ3n) is 4.38. The molecule has 1 aromatic carbocycles. The van der Waals surface area contributed by atoms with Crippen molar-refractivity contribution in [2.75, 3.05) is 46.6 Å². The second kappa shape index (κ2) is 12.0. The van der Waals surface area contributed by atoms with Crippen LogP contribution in [0.4, 0.5) is 4.79 Å². The second-order valence-electron chi connectivity index (χ2n) is 6.49. The Morgan fingerprint density at radius 1 is 1.10 bits per heavy atom. The first-order valence-corrected chi connectivity index (χ1v) is 9.63. The van der Waals surface area contributed by atoms with Gasteiger partial charge in [-0.05, 0) is 44.0 Å². The smallest absolute Gasteiger partial charge is 0.434 e. The van der Waals surface area contributed by atoms with Crippen LogP contribution >= 0.6 is 0 Å². The number of rotatable bonds is 9. The molecule has 1 aromatic rings. The fourth-order valence-corrected chi connectivity index (χ4v) is 2.90. The van der Waals surface area contributed by atoms with E-state index >= 15 is 0 Å². The Bertz CT molecular complexity index is 670. The maximum absolute atomic E-state index is 12.6. The normalized spacial score (nSPS) is 14.3. The molecule has 1 N–H and O–H groups in total. The van der Waals surface area contributed by atoms with Gasteiger partial charge in [-0.2, -0.15) is 0 Å². The monoisotopic (exact) mass is 408 g/mol. The Morgan fingerprint density at radius 2 is 1.79 bits per heavy atom. The molecular weight excluding hydrogens is 380 g/mol. The predicted molar refractivity (Wildman–Crippen MR) is 104 cm³/mol. The zero-order chi connectivity index (χ0) is 21.1. The molecule has 0 unspecified atom stereocenters. The number of nitrogens with one attached hydrogen (secondary N) is 1. The van der Waals surface area contributed by atoms with Crippen LogP contribution in [-0.4, -0.2) is 75.5 Å². The van der Waals surface area contributed by atoms with Gasteiger partial charge >= 0.3 is 6.16 Å². The van der Waals surface area contributed by atoms with Crippen LogP contribution in [-0.2, 0) is 19.0 Å². The number of piperidine rings is 1. The van der Waals surface area contributed by atoms with Crippen LogP contribution in [0.25, 0.3) is 0 Å². The van der Waals surface area contributed by atoms with Crippen LogP contribution in [0.5, 0.6) is 5.75 Å². The van der Waals surface area contributed by atoms with Gasteiger partial charge in [-0.3, -0.25) is 9.59 Å². The van der Waals surface area contributed by atoms with E-state index in [9.17, 15) is 14.4 Å². The van der Waals surface area contributed by atoms with Crippen molar-refractivity contribution in [1.82, 2.24) is 10.2 Å². The van der Waals surface area contributed by atoms with E-state index in [2.05, 4.69) is 5.32 Å². The molecule has 9 nitrogen and oxygen atoms in total. The quantitative estimate of drug-likeness (QED) is 0.376. The van der Waals surface area contributed by atoms with E-state index in [4.69, 9.17) is 18.9 Å². The van der Waals surface area contributed by atoms with E-state index in [0.29, 0.717) is 50.5 Å². The van der Waals surface area contributed by atoms with Crippen LogP contribution in [0.15, 0.2) is 24.3 Å². The Hall–Kier alpha value is -2.65. The summed E-state index contributed by atoms with van der Waals surface area (Å²) < 4.78 is 19.7. The number of carbonyl (C=O) groups is 3. The number of nitrogens with zero attached hydrogens (tertiary/aromatic N) is 1. The van der Waals surface area contributed by atoms with Gasteiger partial charge in [-0.1, -0.05) is 0 Å². The molecule has 0 saturated carbocycles. The lowest BCUT2D eigenvalue weighted by Crippen LogP contribution is -2.47. The molecule has 1 aliphatic rings. The Kier molecular flexibility index (Phi) is 9.39. The Balaban J connectivity index is 1.75. The van der Waals surface area contributed by atoms with E-state index in [-0.39, 0.29) is 31.1 Å². The van der Waals surface area contributed by atoms with Gasteiger partial charge in [0.1, 0.15) is 12.4 Å². The van der Waals surface area contributed by atoms with Crippen LogP contribution in [0, 0.1) is 0 Å². The fraction of sp³-hybridized carbons (Fsp3) is 0.550. The third kappa shape index (κ3) is 7.71. The first-order valence-electron chi connectivity index (χ1n) is 9.63. The summed E-state index contributed by atoms with van der Waals surface area (Å²) >= 11 is 0. The van der Waals surface area contributed by atoms with E-state index < -0.39 is 6.16 Å². The average molecular weight is 408 g/mol. The van der Waals surface area contributed by atoms with Crippen molar-refractivity contribution in [1.29, 1.82) is 0 Å². The van der Waals surface area contributed by atoms with Crippen molar-refractivity contribution < 1.29 is 33.3 Å². The number of hydrogen-bond acceptors (Lipinski definition) is 7. The highest BCUT2D eigenvalue weighted by atomic mass is 16.7. The zero-order valence-corrected chi connectivity index (χ0v) is 16.8. The third-order valence-corrected chi connectivity index (χ3v) is 4.38. The molecular formula is C20H28N2O7. The molecule has 29 heavy (non-hydrogen) atoms. The summed E-state index contributed by atoms with van der Waals surface area (Å²) in [4.78, 5) is 37.6. The molecule has 2 rings (SSSR count). The highest BCUT2D eigenvalue weighted by Gasteiger charge is 2.24. The fourth-order valence-electron chi connectivity index (χ4n) is 2.90. The van der Waals surface area contributed by atoms with Gasteiger partial charge in [0.15, 0.2) is 0 Å². The summed E-state index contributed by atoms with van der Waals surface area (Å²) in [6, 6.07) is 6.36. The molecule has 0 aromatic heterocycles. The van der Waals surface area contributed by atoms with Gasteiger partial charge in [0, 0.05) is 31.8 Å². The summed E-state index contributed by atoms with van der Waals surface area (Å²) in [5, 5.41) is 2.93. The Labute approximate surface area is 170 Å². The minimum Gasteiger partial charge on any atom is -0.434 e. The minimum absolute atomic E-state index is 0.00270. The number of carbonyl (C=O) groups excluding carboxylic acids is 3. The molecule has 0 radical (unpaired) electrons. The minimum atomic E-state index is -0.778. The molecule has 160 valence electrons. The topological polar surface area (TPSA) is 103 Å². The van der Waals surface area contributed by atoms with Gasteiger partial charge in [0.25, 0.3) is 5.91 Å². The molecule has 9 heteroatoms. The van der Waals surface area contributed by atoms with E-state index in [1.165, 1.54) is 0 Å². The maximum Gasteiger partial charge on any atom is 0.513 e. The van der Waals surface area contributed by atoms with Gasteiger partial charge in [-0.15, -0.1) is 0 Å². The summed E-state index contributed by atoms with van der Waals surface area (Å²) in [5.41, 5.74) is 0.509. The highest BCUT2D eigenvalue weighted by molar-refractivity contribution is 5.94. The van der Waals surface area contributed by atoms with Gasteiger partial charge in [0.05, 0.1) is 19.8 Å².